The molecule has 18 heavy (non-hydrogen) atoms. The SMILES string of the molecule is CCC(O)(CN)CCCN1CCN(C)C(C)(C)C1. The molecule has 0 amide bonds. The predicted molar refractivity (Wildman–Crippen MR) is 76.7 cm³/mol. The quantitative estimate of drug-likeness (QED) is 0.742. The molecule has 1 fully saturated rings. The second-order valence-electron chi connectivity index (χ2n) is 6.40. The Labute approximate surface area is 112 Å². The van der Waals surface area contributed by atoms with Gasteiger partial charge in [-0.25, -0.2) is 0 Å². The van der Waals surface area contributed by atoms with Crippen molar-refractivity contribution in [1.29, 1.82) is 0 Å². The van der Waals surface area contributed by atoms with E-state index >= 15 is 0 Å². The van der Waals surface area contributed by atoms with E-state index in [1.54, 1.807) is 0 Å². The molecule has 0 aromatic carbocycles. The minimum atomic E-state index is -0.651. The molecule has 3 N–H and O–H groups in total. The van der Waals surface area contributed by atoms with E-state index in [0.717, 1.165) is 45.4 Å². The maximum atomic E-state index is 10.2. The van der Waals surface area contributed by atoms with E-state index in [9.17, 15) is 5.11 Å². The lowest BCUT2D eigenvalue weighted by atomic mass is 9.94. The molecule has 0 aromatic rings. The van der Waals surface area contributed by atoms with Gasteiger partial charge < -0.3 is 15.7 Å². The summed E-state index contributed by atoms with van der Waals surface area (Å²) in [7, 11) is 2.20. The average molecular weight is 257 g/mol. The van der Waals surface area contributed by atoms with Crippen molar-refractivity contribution in [1.82, 2.24) is 9.80 Å². The summed E-state index contributed by atoms with van der Waals surface area (Å²) in [6.45, 7) is 11.4. The third kappa shape index (κ3) is 4.19. The zero-order chi connectivity index (χ0) is 13.8. The molecule has 1 aliphatic heterocycles. The van der Waals surface area contributed by atoms with Crippen LogP contribution in [0.5, 0.6) is 0 Å². The van der Waals surface area contributed by atoms with Gasteiger partial charge >= 0.3 is 0 Å². The summed E-state index contributed by atoms with van der Waals surface area (Å²) in [6.07, 6.45) is 2.59. The predicted octanol–water partition coefficient (Wildman–Crippen LogP) is 0.892. The fourth-order valence-corrected chi connectivity index (χ4v) is 2.59. The maximum Gasteiger partial charge on any atom is 0.0767 e. The van der Waals surface area contributed by atoms with Gasteiger partial charge in [0.15, 0.2) is 0 Å². The lowest BCUT2D eigenvalue weighted by Crippen LogP contribution is -2.57. The van der Waals surface area contributed by atoms with Crippen molar-refractivity contribution in [2.24, 2.45) is 5.73 Å². The average Bonchev–Trinajstić information content (AvgIpc) is 2.33. The first-order valence-corrected chi connectivity index (χ1v) is 7.19. The number of rotatable bonds is 6. The molecule has 1 saturated heterocycles. The molecule has 1 unspecified atom stereocenters. The van der Waals surface area contributed by atoms with Crippen LogP contribution in [0.15, 0.2) is 0 Å². The van der Waals surface area contributed by atoms with E-state index in [2.05, 4.69) is 30.7 Å². The number of nitrogens with two attached hydrogens (primary N) is 1. The van der Waals surface area contributed by atoms with Gasteiger partial charge in [0, 0.05) is 31.7 Å². The van der Waals surface area contributed by atoms with E-state index in [1.165, 1.54) is 0 Å². The molecule has 0 aromatic heterocycles. The molecule has 108 valence electrons. The Hall–Kier alpha value is -0.160. The molecule has 4 nitrogen and oxygen atoms in total. The van der Waals surface area contributed by atoms with Crippen molar-refractivity contribution >= 4 is 0 Å². The minimum Gasteiger partial charge on any atom is -0.389 e. The van der Waals surface area contributed by atoms with Crippen molar-refractivity contribution in [3.8, 4) is 0 Å². The van der Waals surface area contributed by atoms with Crippen LogP contribution < -0.4 is 5.73 Å². The van der Waals surface area contributed by atoms with Gasteiger partial charge in [-0.1, -0.05) is 6.92 Å². The third-order valence-corrected chi connectivity index (χ3v) is 4.55. The van der Waals surface area contributed by atoms with E-state index in [0.29, 0.717) is 6.54 Å². The van der Waals surface area contributed by atoms with Crippen LogP contribution in [-0.4, -0.2) is 65.8 Å². The summed E-state index contributed by atoms with van der Waals surface area (Å²) < 4.78 is 0. The fraction of sp³-hybridized carbons (Fsp3) is 1.00. The molecular weight excluding hydrogens is 226 g/mol. The maximum absolute atomic E-state index is 10.2. The summed E-state index contributed by atoms with van der Waals surface area (Å²) in [6, 6.07) is 0. The van der Waals surface area contributed by atoms with Crippen molar-refractivity contribution < 1.29 is 5.11 Å². The highest BCUT2D eigenvalue weighted by Gasteiger charge is 2.31. The van der Waals surface area contributed by atoms with E-state index in [-0.39, 0.29) is 5.54 Å². The van der Waals surface area contributed by atoms with E-state index < -0.39 is 5.60 Å². The Kier molecular flexibility index (Phi) is 5.59. The van der Waals surface area contributed by atoms with Crippen molar-refractivity contribution in [2.45, 2.75) is 51.2 Å². The second-order valence-corrected chi connectivity index (χ2v) is 6.40. The zero-order valence-electron chi connectivity index (χ0n) is 12.6. The summed E-state index contributed by atoms with van der Waals surface area (Å²) in [5.74, 6) is 0. The molecular formula is C14H31N3O. The third-order valence-electron chi connectivity index (χ3n) is 4.55. The highest BCUT2D eigenvalue weighted by molar-refractivity contribution is 4.88. The topological polar surface area (TPSA) is 52.7 Å². The summed E-state index contributed by atoms with van der Waals surface area (Å²) in [4.78, 5) is 4.93. The first-order valence-electron chi connectivity index (χ1n) is 7.19. The highest BCUT2D eigenvalue weighted by atomic mass is 16.3. The Bertz CT molecular complexity index is 251. The first kappa shape index (κ1) is 15.9. The molecule has 0 bridgehead atoms. The number of likely N-dealkylation sites (N-methyl/N-ethyl adjacent to an activating group) is 1. The van der Waals surface area contributed by atoms with Crippen LogP contribution >= 0.6 is 0 Å². The van der Waals surface area contributed by atoms with Gasteiger partial charge in [0.05, 0.1) is 5.60 Å². The number of piperazine rings is 1. The summed E-state index contributed by atoms with van der Waals surface area (Å²) >= 11 is 0. The van der Waals surface area contributed by atoms with Crippen LogP contribution in [-0.2, 0) is 0 Å². The number of nitrogens with zero attached hydrogens (tertiary/aromatic N) is 2. The van der Waals surface area contributed by atoms with Crippen LogP contribution in [0.1, 0.15) is 40.0 Å². The molecule has 0 radical (unpaired) electrons. The van der Waals surface area contributed by atoms with Gasteiger partial charge in [-0.05, 0) is 46.7 Å². The normalized spacial score (nSPS) is 25.0. The number of hydrogen-bond donors (Lipinski definition) is 2. The van der Waals surface area contributed by atoms with Crippen LogP contribution in [0.2, 0.25) is 0 Å². The molecule has 4 heteroatoms. The Morgan fingerprint density at radius 3 is 2.50 bits per heavy atom. The van der Waals surface area contributed by atoms with Crippen LogP contribution in [0.25, 0.3) is 0 Å². The molecule has 1 atom stereocenters. The molecule has 0 spiro atoms. The zero-order valence-corrected chi connectivity index (χ0v) is 12.6. The van der Waals surface area contributed by atoms with E-state index in [1.807, 2.05) is 6.92 Å². The molecule has 1 rings (SSSR count). The lowest BCUT2D eigenvalue weighted by molar-refractivity contribution is 0.0176. The summed E-state index contributed by atoms with van der Waals surface area (Å²) in [5.41, 5.74) is 5.23. The first-order chi connectivity index (χ1) is 8.33. The van der Waals surface area contributed by atoms with Gasteiger partial charge in [-0.3, -0.25) is 4.90 Å². The monoisotopic (exact) mass is 257 g/mol. The van der Waals surface area contributed by atoms with Gasteiger partial charge in [0.25, 0.3) is 0 Å². The Morgan fingerprint density at radius 2 is 2.00 bits per heavy atom. The number of aliphatic hydroxyl groups is 1. The van der Waals surface area contributed by atoms with Crippen LogP contribution in [0.4, 0.5) is 0 Å². The van der Waals surface area contributed by atoms with Crippen molar-refractivity contribution in [3.63, 3.8) is 0 Å². The van der Waals surface area contributed by atoms with Gasteiger partial charge in [0.1, 0.15) is 0 Å². The standard InChI is InChI=1S/C14H31N3O/c1-5-14(18,11-15)7-6-8-17-10-9-16(4)13(2,3)12-17/h18H,5-12,15H2,1-4H3. The molecule has 1 aliphatic rings. The van der Waals surface area contributed by atoms with E-state index in [4.69, 9.17) is 5.73 Å². The second kappa shape index (κ2) is 6.33. The largest absolute Gasteiger partial charge is 0.389 e. The van der Waals surface area contributed by atoms with Gasteiger partial charge in [-0.15, -0.1) is 0 Å². The van der Waals surface area contributed by atoms with Gasteiger partial charge in [-0.2, -0.15) is 0 Å². The summed E-state index contributed by atoms with van der Waals surface area (Å²) in [5, 5.41) is 10.2. The molecule has 1 heterocycles. The minimum absolute atomic E-state index is 0.257. The number of hydrogen-bond acceptors (Lipinski definition) is 4. The smallest absolute Gasteiger partial charge is 0.0767 e. The fourth-order valence-electron chi connectivity index (χ4n) is 2.59. The van der Waals surface area contributed by atoms with Crippen LogP contribution in [0, 0.1) is 0 Å². The van der Waals surface area contributed by atoms with Crippen molar-refractivity contribution in [3.05, 3.63) is 0 Å². The lowest BCUT2D eigenvalue weighted by Gasteiger charge is -2.45. The molecule has 0 aliphatic carbocycles. The highest BCUT2D eigenvalue weighted by Crippen LogP contribution is 2.20. The van der Waals surface area contributed by atoms with Crippen molar-refractivity contribution in [2.75, 3.05) is 39.8 Å². The Balaban J connectivity index is 2.33. The Morgan fingerprint density at radius 1 is 1.33 bits per heavy atom. The molecule has 0 saturated carbocycles. The van der Waals surface area contributed by atoms with Gasteiger partial charge in [0.2, 0.25) is 0 Å². The van der Waals surface area contributed by atoms with Crippen LogP contribution in [0.3, 0.4) is 0 Å².